The molecule has 0 amide bonds. The van der Waals surface area contributed by atoms with Crippen LogP contribution >= 0.6 is 23.2 Å². The predicted octanol–water partition coefficient (Wildman–Crippen LogP) is 6.94. The Kier molecular flexibility index (Phi) is 4.10. The molecule has 124 valence electrons. The van der Waals surface area contributed by atoms with Crippen molar-refractivity contribution in [3.63, 3.8) is 0 Å². The van der Waals surface area contributed by atoms with Crippen molar-refractivity contribution >= 4 is 28.9 Å². The van der Waals surface area contributed by atoms with Crippen molar-refractivity contribution < 1.29 is 0 Å². The summed E-state index contributed by atoms with van der Waals surface area (Å²) in [6.07, 6.45) is 5.73. The molecule has 0 aromatic heterocycles. The van der Waals surface area contributed by atoms with Gasteiger partial charge in [0.1, 0.15) is 0 Å². The Labute approximate surface area is 153 Å². The third-order valence-corrected chi connectivity index (χ3v) is 6.20. The first-order valence-electron chi connectivity index (χ1n) is 8.58. The van der Waals surface area contributed by atoms with Gasteiger partial charge < -0.3 is 5.32 Å². The van der Waals surface area contributed by atoms with Gasteiger partial charge in [-0.3, -0.25) is 0 Å². The van der Waals surface area contributed by atoms with E-state index in [2.05, 4.69) is 55.6 Å². The number of rotatable bonds is 2. The van der Waals surface area contributed by atoms with Gasteiger partial charge in [0.05, 0.1) is 16.1 Å². The summed E-state index contributed by atoms with van der Waals surface area (Å²) in [5, 5.41) is 5.12. The van der Waals surface area contributed by atoms with Crippen molar-refractivity contribution in [1.82, 2.24) is 0 Å². The molecule has 0 radical (unpaired) electrons. The number of halogens is 2. The van der Waals surface area contributed by atoms with Crippen molar-refractivity contribution in [1.29, 1.82) is 0 Å². The summed E-state index contributed by atoms with van der Waals surface area (Å²) < 4.78 is 0. The monoisotopic (exact) mass is 357 g/mol. The van der Waals surface area contributed by atoms with Gasteiger partial charge in [0.15, 0.2) is 0 Å². The molecule has 4 rings (SSSR count). The molecule has 1 aliphatic heterocycles. The van der Waals surface area contributed by atoms with Crippen LogP contribution in [0.4, 0.5) is 5.69 Å². The maximum Gasteiger partial charge on any atom is 0.0645 e. The van der Waals surface area contributed by atoms with Crippen LogP contribution in [-0.4, -0.2) is 0 Å². The van der Waals surface area contributed by atoms with Crippen molar-refractivity contribution in [3.8, 4) is 0 Å². The highest BCUT2D eigenvalue weighted by atomic mass is 35.5. The van der Waals surface area contributed by atoms with E-state index in [0.717, 1.165) is 12.0 Å². The third-order valence-electron chi connectivity index (χ3n) is 5.37. The second-order valence-electron chi connectivity index (χ2n) is 7.08. The van der Waals surface area contributed by atoms with Crippen LogP contribution in [0.1, 0.15) is 54.8 Å². The average molecular weight is 358 g/mol. The van der Waals surface area contributed by atoms with Gasteiger partial charge in [0.25, 0.3) is 0 Å². The first-order valence-corrected chi connectivity index (χ1v) is 9.33. The number of fused-ring (bicyclic) bond motifs is 3. The number of hydrogen-bond acceptors (Lipinski definition) is 1. The first kappa shape index (κ1) is 16.1. The quantitative estimate of drug-likeness (QED) is 0.573. The number of anilines is 1. The van der Waals surface area contributed by atoms with Crippen LogP contribution in [0.5, 0.6) is 0 Å². The van der Waals surface area contributed by atoms with Gasteiger partial charge in [-0.1, -0.05) is 79.5 Å². The molecule has 0 spiro atoms. The Morgan fingerprint density at radius 3 is 2.58 bits per heavy atom. The van der Waals surface area contributed by atoms with E-state index in [0.29, 0.717) is 27.8 Å². The lowest BCUT2D eigenvalue weighted by atomic mass is 9.75. The molecule has 24 heavy (non-hydrogen) atoms. The number of allylic oxidation sites excluding steroid dienone is 2. The summed E-state index contributed by atoms with van der Waals surface area (Å²) in [4.78, 5) is 0. The highest BCUT2D eigenvalue weighted by molar-refractivity contribution is 6.42. The summed E-state index contributed by atoms with van der Waals surface area (Å²) in [5.41, 5.74) is 5.16. The standard InChI is InChI=1S/C21H21Cl2N/c1-12(2)13-6-3-8-15-14-7-4-9-16(14)21(24-20(13)15)17-10-5-11-18(22)19(17)23/h3-8,10-12,14,16,21,24H,9H2,1-2H3/t14-,16-,21-/m0/s1. The maximum atomic E-state index is 6.55. The fraction of sp³-hybridized carbons (Fsp3) is 0.333. The third kappa shape index (κ3) is 2.46. The Balaban J connectivity index is 1.86. The van der Waals surface area contributed by atoms with Crippen LogP contribution in [0.25, 0.3) is 0 Å². The maximum absolute atomic E-state index is 6.55. The van der Waals surface area contributed by atoms with Gasteiger partial charge in [-0.25, -0.2) is 0 Å². The van der Waals surface area contributed by atoms with Gasteiger partial charge in [0.2, 0.25) is 0 Å². The van der Waals surface area contributed by atoms with Gasteiger partial charge in [-0.2, -0.15) is 0 Å². The minimum atomic E-state index is 0.184. The molecule has 0 bridgehead atoms. The minimum Gasteiger partial charge on any atom is -0.377 e. The van der Waals surface area contributed by atoms with Gasteiger partial charge in [0, 0.05) is 11.6 Å². The highest BCUT2D eigenvalue weighted by Gasteiger charge is 2.39. The SMILES string of the molecule is CC(C)c1cccc2c1N[C@H](c1cccc(Cl)c1Cl)[C@H]1CC=C[C@@H]21. The molecule has 1 N–H and O–H groups in total. The van der Waals surface area contributed by atoms with Gasteiger partial charge in [-0.15, -0.1) is 0 Å². The van der Waals surface area contributed by atoms with Crippen LogP contribution in [0.3, 0.4) is 0 Å². The molecular formula is C21H21Cl2N. The second-order valence-corrected chi connectivity index (χ2v) is 7.87. The van der Waals surface area contributed by atoms with Crippen LogP contribution in [-0.2, 0) is 0 Å². The van der Waals surface area contributed by atoms with E-state index in [1.54, 1.807) is 0 Å². The van der Waals surface area contributed by atoms with E-state index >= 15 is 0 Å². The van der Waals surface area contributed by atoms with Gasteiger partial charge in [-0.05, 0) is 41.0 Å². The zero-order chi connectivity index (χ0) is 16.8. The van der Waals surface area contributed by atoms with Crippen LogP contribution in [0, 0.1) is 5.92 Å². The lowest BCUT2D eigenvalue weighted by Gasteiger charge is -2.39. The van der Waals surface area contributed by atoms with Gasteiger partial charge >= 0.3 is 0 Å². The predicted molar refractivity (Wildman–Crippen MR) is 103 cm³/mol. The molecule has 0 fully saturated rings. The molecule has 3 atom stereocenters. The number of nitrogens with one attached hydrogen (secondary N) is 1. The van der Waals surface area contributed by atoms with Crippen molar-refractivity contribution in [2.24, 2.45) is 5.92 Å². The number of benzene rings is 2. The fourth-order valence-corrected chi connectivity index (χ4v) is 4.62. The summed E-state index contributed by atoms with van der Waals surface area (Å²) in [5.74, 6) is 1.40. The molecule has 2 aromatic carbocycles. The normalized spacial score (nSPS) is 24.6. The molecule has 3 heteroatoms. The topological polar surface area (TPSA) is 12.0 Å². The van der Waals surface area contributed by atoms with E-state index in [1.807, 2.05) is 12.1 Å². The Morgan fingerprint density at radius 1 is 1.04 bits per heavy atom. The summed E-state index contributed by atoms with van der Waals surface area (Å²) in [6.45, 7) is 4.49. The highest BCUT2D eigenvalue weighted by Crippen LogP contribution is 2.52. The lowest BCUT2D eigenvalue weighted by Crippen LogP contribution is -2.30. The Morgan fingerprint density at radius 2 is 1.79 bits per heavy atom. The molecule has 1 nitrogen and oxygen atoms in total. The largest absolute Gasteiger partial charge is 0.377 e. The molecule has 0 saturated carbocycles. The average Bonchev–Trinajstić information content (AvgIpc) is 3.06. The van der Waals surface area contributed by atoms with Crippen LogP contribution < -0.4 is 5.32 Å². The summed E-state index contributed by atoms with van der Waals surface area (Å²) in [7, 11) is 0. The van der Waals surface area contributed by atoms with Crippen LogP contribution in [0.15, 0.2) is 48.6 Å². The van der Waals surface area contributed by atoms with E-state index in [9.17, 15) is 0 Å². The van der Waals surface area contributed by atoms with Crippen molar-refractivity contribution in [3.05, 3.63) is 75.3 Å². The van der Waals surface area contributed by atoms with E-state index in [1.165, 1.54) is 16.8 Å². The number of hydrogen-bond donors (Lipinski definition) is 1. The Hall–Kier alpha value is -1.44. The molecular weight excluding hydrogens is 337 g/mol. The molecule has 0 saturated heterocycles. The second kappa shape index (κ2) is 6.13. The first-order chi connectivity index (χ1) is 11.6. The molecule has 1 aliphatic carbocycles. The molecule has 0 unspecified atom stereocenters. The zero-order valence-corrected chi connectivity index (χ0v) is 15.4. The van der Waals surface area contributed by atoms with E-state index < -0.39 is 0 Å². The molecule has 1 heterocycles. The van der Waals surface area contributed by atoms with E-state index in [-0.39, 0.29) is 6.04 Å². The minimum absolute atomic E-state index is 0.184. The summed E-state index contributed by atoms with van der Waals surface area (Å²) in [6, 6.07) is 12.8. The van der Waals surface area contributed by atoms with Crippen molar-refractivity contribution in [2.75, 3.05) is 5.32 Å². The molecule has 2 aromatic rings. The van der Waals surface area contributed by atoms with E-state index in [4.69, 9.17) is 23.2 Å². The summed E-state index contributed by atoms with van der Waals surface area (Å²) >= 11 is 12.8. The van der Waals surface area contributed by atoms with Crippen LogP contribution in [0.2, 0.25) is 10.0 Å². The molecule has 2 aliphatic rings. The fourth-order valence-electron chi connectivity index (χ4n) is 4.20. The Bertz CT molecular complexity index is 809. The lowest BCUT2D eigenvalue weighted by molar-refractivity contribution is 0.424. The van der Waals surface area contributed by atoms with Crippen molar-refractivity contribution in [2.45, 2.75) is 38.1 Å². The smallest absolute Gasteiger partial charge is 0.0645 e. The zero-order valence-electron chi connectivity index (χ0n) is 13.9. The number of para-hydroxylation sites is 1.